The van der Waals surface area contributed by atoms with Crippen molar-refractivity contribution in [2.24, 2.45) is 5.92 Å². The number of nitrogens with one attached hydrogen (secondary N) is 1. The van der Waals surface area contributed by atoms with E-state index in [0.717, 1.165) is 17.5 Å². The maximum Gasteiger partial charge on any atom is 0.244 e. The molecule has 130 valence electrons. The Morgan fingerprint density at radius 3 is 2.72 bits per heavy atom. The van der Waals surface area contributed by atoms with E-state index < -0.39 is 0 Å². The SMILES string of the molecule is CC(C)C[C@@H](NC(=O)Cn1nnc(-c2ccsc2)n1)c1ccccc1. The molecule has 0 saturated heterocycles. The number of thiophene rings is 1. The van der Waals surface area contributed by atoms with Crippen LogP contribution < -0.4 is 5.32 Å². The Bertz CT molecular complexity index is 798. The van der Waals surface area contributed by atoms with Gasteiger partial charge in [0.15, 0.2) is 0 Å². The molecule has 1 amide bonds. The summed E-state index contributed by atoms with van der Waals surface area (Å²) in [6.45, 7) is 4.35. The summed E-state index contributed by atoms with van der Waals surface area (Å²) in [7, 11) is 0. The first-order valence-electron chi connectivity index (χ1n) is 8.26. The molecule has 3 rings (SSSR count). The quantitative estimate of drug-likeness (QED) is 0.706. The van der Waals surface area contributed by atoms with E-state index in [-0.39, 0.29) is 18.5 Å². The largest absolute Gasteiger partial charge is 0.348 e. The van der Waals surface area contributed by atoms with Gasteiger partial charge in [-0.25, -0.2) is 0 Å². The topological polar surface area (TPSA) is 72.7 Å². The van der Waals surface area contributed by atoms with Gasteiger partial charge in [0.25, 0.3) is 0 Å². The van der Waals surface area contributed by atoms with E-state index >= 15 is 0 Å². The summed E-state index contributed by atoms with van der Waals surface area (Å²) in [4.78, 5) is 13.8. The molecule has 0 aliphatic heterocycles. The fraction of sp³-hybridized carbons (Fsp3) is 0.333. The lowest BCUT2D eigenvalue weighted by Gasteiger charge is -2.21. The second-order valence-electron chi connectivity index (χ2n) is 6.32. The van der Waals surface area contributed by atoms with Gasteiger partial charge in [0.2, 0.25) is 11.7 Å². The van der Waals surface area contributed by atoms with Crippen molar-refractivity contribution in [2.45, 2.75) is 32.9 Å². The minimum Gasteiger partial charge on any atom is -0.348 e. The molecular weight excluding hydrogens is 334 g/mol. The second-order valence-corrected chi connectivity index (χ2v) is 7.10. The van der Waals surface area contributed by atoms with Crippen LogP contribution in [0.5, 0.6) is 0 Å². The van der Waals surface area contributed by atoms with E-state index in [0.29, 0.717) is 11.7 Å². The molecule has 0 aliphatic carbocycles. The van der Waals surface area contributed by atoms with Crippen molar-refractivity contribution >= 4 is 17.2 Å². The molecule has 25 heavy (non-hydrogen) atoms. The average molecular weight is 355 g/mol. The lowest BCUT2D eigenvalue weighted by atomic mass is 9.97. The summed E-state index contributed by atoms with van der Waals surface area (Å²) < 4.78 is 0. The number of hydrogen-bond donors (Lipinski definition) is 1. The maximum absolute atomic E-state index is 12.4. The zero-order valence-electron chi connectivity index (χ0n) is 14.3. The number of amides is 1. The molecule has 7 heteroatoms. The molecule has 2 aromatic heterocycles. The van der Waals surface area contributed by atoms with Crippen LogP contribution in [0.1, 0.15) is 31.9 Å². The highest BCUT2D eigenvalue weighted by atomic mass is 32.1. The van der Waals surface area contributed by atoms with Gasteiger partial charge in [-0.3, -0.25) is 4.79 Å². The summed E-state index contributed by atoms with van der Waals surface area (Å²) in [6.07, 6.45) is 0.876. The van der Waals surface area contributed by atoms with Gasteiger partial charge in [-0.15, -0.1) is 10.2 Å². The first-order valence-corrected chi connectivity index (χ1v) is 9.21. The Labute approximate surface area is 150 Å². The van der Waals surface area contributed by atoms with Crippen LogP contribution in [0.25, 0.3) is 11.4 Å². The number of rotatable bonds is 7. The Balaban J connectivity index is 1.65. The molecule has 3 aromatic rings. The Hall–Kier alpha value is -2.54. The normalized spacial score (nSPS) is 12.3. The smallest absolute Gasteiger partial charge is 0.244 e. The van der Waals surface area contributed by atoms with Crippen molar-refractivity contribution in [1.29, 1.82) is 0 Å². The minimum absolute atomic E-state index is 0.0198. The number of nitrogens with zero attached hydrogens (tertiary/aromatic N) is 4. The van der Waals surface area contributed by atoms with Gasteiger partial charge in [-0.1, -0.05) is 44.2 Å². The van der Waals surface area contributed by atoms with Crippen LogP contribution in [-0.4, -0.2) is 26.1 Å². The predicted molar refractivity (Wildman–Crippen MR) is 97.9 cm³/mol. The van der Waals surface area contributed by atoms with E-state index in [2.05, 4.69) is 34.6 Å². The Morgan fingerprint density at radius 2 is 2.04 bits per heavy atom. The second kappa shape index (κ2) is 8.02. The van der Waals surface area contributed by atoms with E-state index in [9.17, 15) is 4.79 Å². The number of tetrazole rings is 1. The lowest BCUT2D eigenvalue weighted by molar-refractivity contribution is -0.123. The Kier molecular flexibility index (Phi) is 5.55. The average Bonchev–Trinajstić information content (AvgIpc) is 3.26. The Morgan fingerprint density at radius 1 is 1.24 bits per heavy atom. The predicted octanol–water partition coefficient (Wildman–Crippen LogP) is 3.31. The van der Waals surface area contributed by atoms with Crippen LogP contribution in [0.3, 0.4) is 0 Å². The summed E-state index contributed by atoms with van der Waals surface area (Å²) in [5.74, 6) is 0.889. The molecule has 1 atom stereocenters. The molecule has 2 heterocycles. The molecule has 0 radical (unpaired) electrons. The first kappa shape index (κ1) is 17.3. The number of hydrogen-bond acceptors (Lipinski definition) is 5. The van der Waals surface area contributed by atoms with E-state index in [4.69, 9.17) is 0 Å². The van der Waals surface area contributed by atoms with E-state index in [1.807, 2.05) is 47.2 Å². The summed E-state index contributed by atoms with van der Waals surface area (Å²) in [5.41, 5.74) is 2.02. The van der Waals surface area contributed by atoms with Crippen LogP contribution in [0.2, 0.25) is 0 Å². The van der Waals surface area contributed by atoms with Crippen molar-refractivity contribution in [1.82, 2.24) is 25.5 Å². The highest BCUT2D eigenvalue weighted by Gasteiger charge is 2.17. The highest BCUT2D eigenvalue weighted by molar-refractivity contribution is 7.08. The lowest BCUT2D eigenvalue weighted by Crippen LogP contribution is -2.33. The van der Waals surface area contributed by atoms with Gasteiger partial charge in [0.05, 0.1) is 6.04 Å². The van der Waals surface area contributed by atoms with Crippen molar-refractivity contribution in [3.8, 4) is 11.4 Å². The molecule has 0 fully saturated rings. The number of benzene rings is 1. The van der Waals surface area contributed by atoms with Crippen LogP contribution in [-0.2, 0) is 11.3 Å². The van der Waals surface area contributed by atoms with Gasteiger partial charge in [-0.2, -0.15) is 16.1 Å². The van der Waals surface area contributed by atoms with Gasteiger partial charge in [-0.05, 0) is 34.6 Å². The minimum atomic E-state index is -0.122. The van der Waals surface area contributed by atoms with Gasteiger partial charge < -0.3 is 5.32 Å². The molecular formula is C18H21N5OS. The third-order valence-electron chi connectivity index (χ3n) is 3.76. The molecule has 1 aromatic carbocycles. The molecule has 0 unspecified atom stereocenters. The van der Waals surface area contributed by atoms with Crippen LogP contribution in [0.4, 0.5) is 0 Å². The van der Waals surface area contributed by atoms with Crippen LogP contribution in [0.15, 0.2) is 47.2 Å². The van der Waals surface area contributed by atoms with Gasteiger partial charge in [0.1, 0.15) is 6.54 Å². The van der Waals surface area contributed by atoms with E-state index in [1.165, 1.54) is 4.80 Å². The molecule has 6 nitrogen and oxygen atoms in total. The zero-order chi connectivity index (χ0) is 17.6. The van der Waals surface area contributed by atoms with Gasteiger partial charge in [0, 0.05) is 10.9 Å². The standard InChI is InChI=1S/C18H21N5OS/c1-13(2)10-16(14-6-4-3-5-7-14)19-17(24)11-23-21-18(20-22-23)15-8-9-25-12-15/h3-9,12-13,16H,10-11H2,1-2H3,(H,19,24)/t16-/m1/s1. The molecule has 0 spiro atoms. The number of carbonyl (C=O) groups is 1. The monoisotopic (exact) mass is 355 g/mol. The molecule has 1 N–H and O–H groups in total. The molecule has 0 bridgehead atoms. The summed E-state index contributed by atoms with van der Waals surface area (Å²) >= 11 is 1.57. The molecule has 0 aliphatic rings. The van der Waals surface area contributed by atoms with Gasteiger partial charge >= 0.3 is 0 Å². The van der Waals surface area contributed by atoms with Crippen molar-refractivity contribution in [2.75, 3.05) is 0 Å². The zero-order valence-corrected chi connectivity index (χ0v) is 15.1. The van der Waals surface area contributed by atoms with Crippen LogP contribution >= 0.6 is 11.3 Å². The third kappa shape index (κ3) is 4.73. The number of aromatic nitrogens is 4. The molecule has 0 saturated carbocycles. The summed E-state index contributed by atoms with van der Waals surface area (Å²) in [5, 5.41) is 19.3. The maximum atomic E-state index is 12.4. The fourth-order valence-corrected chi connectivity index (χ4v) is 3.26. The third-order valence-corrected chi connectivity index (χ3v) is 4.44. The van der Waals surface area contributed by atoms with Crippen molar-refractivity contribution in [3.05, 3.63) is 52.7 Å². The fourth-order valence-electron chi connectivity index (χ4n) is 2.62. The summed E-state index contributed by atoms with van der Waals surface area (Å²) in [6, 6.07) is 11.9. The first-order chi connectivity index (χ1) is 12.1. The van der Waals surface area contributed by atoms with Crippen LogP contribution in [0, 0.1) is 5.92 Å². The highest BCUT2D eigenvalue weighted by Crippen LogP contribution is 2.21. The van der Waals surface area contributed by atoms with E-state index in [1.54, 1.807) is 11.3 Å². The van der Waals surface area contributed by atoms with Crippen molar-refractivity contribution in [3.63, 3.8) is 0 Å². The number of carbonyl (C=O) groups excluding carboxylic acids is 1. The van der Waals surface area contributed by atoms with Crippen molar-refractivity contribution < 1.29 is 4.79 Å².